The van der Waals surface area contributed by atoms with E-state index in [4.69, 9.17) is 4.74 Å². The van der Waals surface area contributed by atoms with E-state index in [-0.39, 0.29) is 22.3 Å². The van der Waals surface area contributed by atoms with Crippen LogP contribution in [0.2, 0.25) is 0 Å². The summed E-state index contributed by atoms with van der Waals surface area (Å²) in [5.74, 6) is -1.11. The lowest BCUT2D eigenvalue weighted by molar-refractivity contribution is -0.142. The van der Waals surface area contributed by atoms with Gasteiger partial charge in [-0.05, 0) is 29.5 Å². The summed E-state index contributed by atoms with van der Waals surface area (Å²) < 4.78 is 30.1. The summed E-state index contributed by atoms with van der Waals surface area (Å²) in [6, 6.07) is 0. The molecule has 0 spiro atoms. The van der Waals surface area contributed by atoms with E-state index in [9.17, 15) is 18.7 Å². The van der Waals surface area contributed by atoms with Gasteiger partial charge in [-0.3, -0.25) is 9.78 Å². The third-order valence-corrected chi connectivity index (χ3v) is 3.15. The molecule has 17 heavy (non-hydrogen) atoms. The predicted octanol–water partition coefficient (Wildman–Crippen LogP) is 2.44. The van der Waals surface area contributed by atoms with Gasteiger partial charge in [0.15, 0.2) is 0 Å². The minimum absolute atomic E-state index is 0.0886. The van der Waals surface area contributed by atoms with Crippen LogP contribution in [-0.2, 0) is 16.0 Å². The average Bonchev–Trinajstić information content (AvgIpc) is 2.22. The third-order valence-electron chi connectivity index (χ3n) is 1.94. The number of rotatable bonds is 4. The molecule has 0 aliphatic heterocycles. The minimum Gasteiger partial charge on any atom is -0.506 e. The van der Waals surface area contributed by atoms with Crippen molar-refractivity contribution in [1.82, 2.24) is 4.98 Å². The van der Waals surface area contributed by atoms with Crippen LogP contribution in [0.3, 0.4) is 0 Å². The first-order chi connectivity index (χ1) is 7.97. The van der Waals surface area contributed by atoms with Gasteiger partial charge in [-0.1, -0.05) is 0 Å². The Morgan fingerprint density at radius 3 is 2.82 bits per heavy atom. The van der Waals surface area contributed by atoms with Crippen molar-refractivity contribution >= 4 is 28.6 Å². The number of aromatic hydroxyl groups is 1. The predicted molar refractivity (Wildman–Crippen MR) is 63.9 cm³/mol. The number of hydrogen-bond donors (Lipinski definition) is 1. The Hall–Kier alpha value is -0.990. The smallest absolute Gasteiger partial charge is 0.311 e. The molecule has 1 aromatic heterocycles. The molecule has 0 saturated carbocycles. The van der Waals surface area contributed by atoms with Gasteiger partial charge in [-0.15, -0.1) is 0 Å². The molecule has 0 aromatic carbocycles. The Kier molecular flexibility index (Phi) is 5.03. The first-order valence-electron chi connectivity index (χ1n) is 4.77. The molecule has 0 bridgehead atoms. The molecule has 7 heteroatoms. The van der Waals surface area contributed by atoms with Crippen molar-refractivity contribution in [2.24, 2.45) is 0 Å². The van der Waals surface area contributed by atoms with E-state index in [1.54, 1.807) is 29.5 Å². The van der Waals surface area contributed by atoms with E-state index < -0.39 is 23.7 Å². The van der Waals surface area contributed by atoms with Crippen LogP contribution in [0.25, 0.3) is 0 Å². The standard InChI is InChI=1S/C10H10F2INO3/c1-2-17-7(16)3-5-9(13)8(10(11)12)6(15)4-14-5/h4,10,15H,2-3H2,1H3. The summed E-state index contributed by atoms with van der Waals surface area (Å²) in [6.45, 7) is 1.87. The Bertz CT molecular complexity index is 426. The molecule has 0 unspecified atom stereocenters. The summed E-state index contributed by atoms with van der Waals surface area (Å²) in [4.78, 5) is 15.0. The average molecular weight is 357 g/mol. The van der Waals surface area contributed by atoms with E-state index in [0.717, 1.165) is 6.20 Å². The highest BCUT2D eigenvalue weighted by Gasteiger charge is 2.21. The van der Waals surface area contributed by atoms with Gasteiger partial charge in [-0.2, -0.15) is 0 Å². The Balaban J connectivity index is 3.02. The monoisotopic (exact) mass is 357 g/mol. The van der Waals surface area contributed by atoms with Crippen LogP contribution in [0.4, 0.5) is 8.78 Å². The SMILES string of the molecule is CCOC(=O)Cc1ncc(O)c(C(F)F)c1I. The number of nitrogens with zero attached hydrogens (tertiary/aromatic N) is 1. The number of esters is 1. The van der Waals surface area contributed by atoms with E-state index in [1.807, 2.05) is 0 Å². The molecule has 4 nitrogen and oxygen atoms in total. The van der Waals surface area contributed by atoms with Crippen LogP contribution >= 0.6 is 22.6 Å². The minimum atomic E-state index is -2.81. The van der Waals surface area contributed by atoms with Crippen LogP contribution in [-0.4, -0.2) is 22.7 Å². The van der Waals surface area contributed by atoms with Gasteiger partial charge in [0.1, 0.15) is 5.75 Å². The zero-order valence-corrected chi connectivity index (χ0v) is 11.1. The maximum absolute atomic E-state index is 12.6. The van der Waals surface area contributed by atoms with E-state index >= 15 is 0 Å². The second-order valence-electron chi connectivity index (χ2n) is 3.10. The lowest BCUT2D eigenvalue weighted by atomic mass is 10.2. The molecule has 0 radical (unpaired) electrons. The maximum Gasteiger partial charge on any atom is 0.311 e. The quantitative estimate of drug-likeness (QED) is 0.664. The lowest BCUT2D eigenvalue weighted by Gasteiger charge is -2.10. The van der Waals surface area contributed by atoms with Crippen molar-refractivity contribution in [2.45, 2.75) is 19.8 Å². The summed E-state index contributed by atoms with van der Waals surface area (Å²) in [7, 11) is 0. The van der Waals surface area contributed by atoms with Crippen LogP contribution in [0.1, 0.15) is 24.6 Å². The van der Waals surface area contributed by atoms with Gasteiger partial charge in [0.2, 0.25) is 0 Å². The molecule has 0 saturated heterocycles. The summed E-state index contributed by atoms with van der Waals surface area (Å²) in [5, 5.41) is 9.26. The van der Waals surface area contributed by atoms with Gasteiger partial charge < -0.3 is 9.84 Å². The molecule has 0 fully saturated rings. The fourth-order valence-corrected chi connectivity index (χ4v) is 2.05. The maximum atomic E-state index is 12.6. The van der Waals surface area contributed by atoms with Crippen molar-refractivity contribution in [2.75, 3.05) is 6.61 Å². The molecule has 0 aliphatic carbocycles. The van der Waals surface area contributed by atoms with Crippen LogP contribution in [0, 0.1) is 3.57 Å². The normalized spacial score (nSPS) is 10.6. The molecule has 1 rings (SSSR count). The van der Waals surface area contributed by atoms with Gasteiger partial charge in [0, 0.05) is 3.57 Å². The van der Waals surface area contributed by atoms with Crippen molar-refractivity contribution in [3.63, 3.8) is 0 Å². The number of carbonyl (C=O) groups excluding carboxylic acids is 1. The van der Waals surface area contributed by atoms with Gasteiger partial charge in [0.05, 0.1) is 30.5 Å². The second kappa shape index (κ2) is 6.08. The fraction of sp³-hybridized carbons (Fsp3) is 0.400. The molecule has 0 aliphatic rings. The Morgan fingerprint density at radius 1 is 1.65 bits per heavy atom. The first kappa shape index (κ1) is 14.1. The Labute approximate surface area is 110 Å². The topological polar surface area (TPSA) is 59.4 Å². The van der Waals surface area contributed by atoms with E-state index in [2.05, 4.69) is 4.98 Å². The highest BCUT2D eigenvalue weighted by Crippen LogP contribution is 2.33. The summed E-state index contributed by atoms with van der Waals surface area (Å²) in [5.41, 5.74) is -0.322. The summed E-state index contributed by atoms with van der Waals surface area (Å²) in [6.07, 6.45) is -2.09. The van der Waals surface area contributed by atoms with Gasteiger partial charge in [-0.25, -0.2) is 8.78 Å². The lowest BCUT2D eigenvalue weighted by Crippen LogP contribution is -2.11. The van der Waals surface area contributed by atoms with E-state index in [1.165, 1.54) is 0 Å². The van der Waals surface area contributed by atoms with Crippen molar-refractivity contribution in [3.05, 3.63) is 21.0 Å². The number of halogens is 3. The van der Waals surface area contributed by atoms with E-state index in [0.29, 0.717) is 0 Å². The molecule has 1 N–H and O–H groups in total. The molecular formula is C10H10F2INO3. The highest BCUT2D eigenvalue weighted by atomic mass is 127. The van der Waals surface area contributed by atoms with Crippen LogP contribution < -0.4 is 0 Å². The highest BCUT2D eigenvalue weighted by molar-refractivity contribution is 14.1. The van der Waals surface area contributed by atoms with Crippen molar-refractivity contribution < 1.29 is 23.4 Å². The zero-order chi connectivity index (χ0) is 13.0. The molecule has 0 amide bonds. The third kappa shape index (κ3) is 3.48. The molecular weight excluding hydrogens is 347 g/mol. The van der Waals surface area contributed by atoms with Crippen LogP contribution in [0.15, 0.2) is 6.20 Å². The van der Waals surface area contributed by atoms with Crippen molar-refractivity contribution in [3.8, 4) is 5.75 Å². The number of carbonyl (C=O) groups is 1. The molecule has 0 atom stereocenters. The number of alkyl halides is 2. The Morgan fingerprint density at radius 2 is 2.29 bits per heavy atom. The number of aromatic nitrogens is 1. The molecule has 94 valence electrons. The fourth-order valence-electron chi connectivity index (χ4n) is 1.21. The number of ether oxygens (including phenoxy) is 1. The number of hydrogen-bond acceptors (Lipinski definition) is 4. The van der Waals surface area contributed by atoms with Gasteiger partial charge in [0.25, 0.3) is 6.43 Å². The summed E-state index contributed by atoms with van der Waals surface area (Å²) >= 11 is 1.63. The van der Waals surface area contributed by atoms with Crippen LogP contribution in [0.5, 0.6) is 5.75 Å². The zero-order valence-electron chi connectivity index (χ0n) is 8.91. The first-order valence-corrected chi connectivity index (χ1v) is 5.85. The number of pyridine rings is 1. The molecule has 1 aromatic rings. The van der Waals surface area contributed by atoms with Crippen molar-refractivity contribution in [1.29, 1.82) is 0 Å². The largest absolute Gasteiger partial charge is 0.506 e. The molecule has 1 heterocycles. The second-order valence-corrected chi connectivity index (χ2v) is 4.18. The van der Waals surface area contributed by atoms with Gasteiger partial charge >= 0.3 is 5.97 Å².